The fraction of sp³-hybridized carbons (Fsp3) is 1.00. The Morgan fingerprint density at radius 2 is 1.81 bits per heavy atom. The molecule has 0 amide bonds. The van der Waals surface area contributed by atoms with Gasteiger partial charge >= 0.3 is 0 Å². The van der Waals surface area contributed by atoms with Gasteiger partial charge in [-0.25, -0.2) is 0 Å². The van der Waals surface area contributed by atoms with Crippen LogP contribution in [0.15, 0.2) is 0 Å². The van der Waals surface area contributed by atoms with Crippen molar-refractivity contribution in [3.05, 3.63) is 0 Å². The number of rotatable bonds is 7. The van der Waals surface area contributed by atoms with E-state index in [1.165, 1.54) is 26.2 Å². The molecule has 1 N–H and O–H groups in total. The predicted molar refractivity (Wildman–Crippen MR) is 67.9 cm³/mol. The molecule has 0 aromatic heterocycles. The second-order valence-electron chi connectivity index (χ2n) is 4.81. The minimum atomic E-state index is 0.347. The Morgan fingerprint density at radius 1 is 1.12 bits per heavy atom. The molecule has 96 valence electrons. The fourth-order valence-corrected chi connectivity index (χ4v) is 1.80. The van der Waals surface area contributed by atoms with Gasteiger partial charge in [-0.15, -0.1) is 0 Å². The van der Waals surface area contributed by atoms with Crippen molar-refractivity contribution < 1.29 is 4.74 Å². The van der Waals surface area contributed by atoms with Gasteiger partial charge in [-0.2, -0.15) is 0 Å². The number of piperazine rings is 1. The molecule has 4 heteroatoms. The van der Waals surface area contributed by atoms with Crippen LogP contribution >= 0.6 is 0 Å². The van der Waals surface area contributed by atoms with Gasteiger partial charge in [0.25, 0.3) is 0 Å². The minimum Gasteiger partial charge on any atom is -0.377 e. The molecule has 1 saturated heterocycles. The highest BCUT2D eigenvalue weighted by Gasteiger charge is 2.12. The van der Waals surface area contributed by atoms with Crippen molar-refractivity contribution in [2.45, 2.75) is 20.0 Å². The minimum absolute atomic E-state index is 0.347. The van der Waals surface area contributed by atoms with Gasteiger partial charge in [0, 0.05) is 45.8 Å². The van der Waals surface area contributed by atoms with Crippen LogP contribution in [0, 0.1) is 0 Å². The van der Waals surface area contributed by atoms with Gasteiger partial charge < -0.3 is 15.0 Å². The summed E-state index contributed by atoms with van der Waals surface area (Å²) in [5, 5.41) is 3.42. The Morgan fingerprint density at radius 3 is 2.44 bits per heavy atom. The van der Waals surface area contributed by atoms with Gasteiger partial charge in [0.1, 0.15) is 0 Å². The molecule has 0 aromatic rings. The molecular formula is C12H27N3O. The van der Waals surface area contributed by atoms with Crippen molar-refractivity contribution in [2.75, 3.05) is 59.5 Å². The molecule has 4 nitrogen and oxygen atoms in total. The van der Waals surface area contributed by atoms with Gasteiger partial charge in [-0.3, -0.25) is 4.90 Å². The first kappa shape index (κ1) is 13.9. The normalized spacial score (nSPS) is 19.5. The van der Waals surface area contributed by atoms with Crippen LogP contribution in [0.2, 0.25) is 0 Å². The van der Waals surface area contributed by atoms with Gasteiger partial charge in [0.15, 0.2) is 0 Å². The van der Waals surface area contributed by atoms with Crippen LogP contribution in [-0.2, 0) is 4.74 Å². The third-order valence-corrected chi connectivity index (χ3v) is 2.93. The molecule has 0 atom stereocenters. The Kier molecular flexibility index (Phi) is 6.96. The van der Waals surface area contributed by atoms with E-state index in [-0.39, 0.29) is 0 Å². The first-order valence-corrected chi connectivity index (χ1v) is 6.41. The topological polar surface area (TPSA) is 27.7 Å². The van der Waals surface area contributed by atoms with E-state index in [0.29, 0.717) is 6.10 Å². The van der Waals surface area contributed by atoms with Gasteiger partial charge in [-0.1, -0.05) is 0 Å². The lowest BCUT2D eigenvalue weighted by Gasteiger charge is -2.32. The zero-order chi connectivity index (χ0) is 11.8. The number of nitrogens with one attached hydrogen (secondary N) is 1. The summed E-state index contributed by atoms with van der Waals surface area (Å²) in [6.45, 7) is 13.0. The molecule has 1 fully saturated rings. The Hall–Kier alpha value is -0.160. The highest BCUT2D eigenvalue weighted by atomic mass is 16.5. The zero-order valence-electron chi connectivity index (χ0n) is 11.0. The van der Waals surface area contributed by atoms with Crippen molar-refractivity contribution in [1.82, 2.24) is 15.1 Å². The zero-order valence-corrected chi connectivity index (χ0v) is 11.0. The summed E-state index contributed by atoms with van der Waals surface area (Å²) in [5.41, 5.74) is 0. The lowest BCUT2D eigenvalue weighted by Crippen LogP contribution is -2.46. The second-order valence-corrected chi connectivity index (χ2v) is 4.81. The van der Waals surface area contributed by atoms with Crippen molar-refractivity contribution >= 4 is 0 Å². The largest absolute Gasteiger partial charge is 0.377 e. The van der Waals surface area contributed by atoms with Crippen LogP contribution in [0.3, 0.4) is 0 Å². The molecule has 1 aliphatic rings. The van der Waals surface area contributed by atoms with E-state index in [4.69, 9.17) is 4.74 Å². The maximum Gasteiger partial charge on any atom is 0.0594 e. The number of likely N-dealkylation sites (N-methyl/N-ethyl adjacent to an activating group) is 1. The number of hydrogen-bond acceptors (Lipinski definition) is 4. The molecule has 0 aliphatic carbocycles. The van der Waals surface area contributed by atoms with Gasteiger partial charge in [0.2, 0.25) is 0 Å². The third-order valence-electron chi connectivity index (χ3n) is 2.93. The summed E-state index contributed by atoms with van der Waals surface area (Å²) in [7, 11) is 2.19. The molecule has 1 rings (SSSR count). The van der Waals surface area contributed by atoms with Crippen LogP contribution in [0.25, 0.3) is 0 Å². The lowest BCUT2D eigenvalue weighted by atomic mass is 10.3. The van der Waals surface area contributed by atoms with Crippen molar-refractivity contribution in [3.63, 3.8) is 0 Å². The molecule has 0 aromatic carbocycles. The van der Waals surface area contributed by atoms with Crippen LogP contribution < -0.4 is 5.32 Å². The molecule has 0 unspecified atom stereocenters. The summed E-state index contributed by atoms with van der Waals surface area (Å²) in [4.78, 5) is 4.91. The Balaban J connectivity index is 1.87. The summed E-state index contributed by atoms with van der Waals surface area (Å²) >= 11 is 0. The third kappa shape index (κ3) is 6.43. The first-order valence-electron chi connectivity index (χ1n) is 6.41. The average molecular weight is 229 g/mol. The van der Waals surface area contributed by atoms with Crippen LogP contribution in [-0.4, -0.2) is 75.4 Å². The maximum absolute atomic E-state index is 5.47. The van der Waals surface area contributed by atoms with E-state index in [1.54, 1.807) is 0 Å². The van der Waals surface area contributed by atoms with Crippen LogP contribution in [0.5, 0.6) is 0 Å². The van der Waals surface area contributed by atoms with E-state index in [0.717, 1.165) is 26.2 Å². The van der Waals surface area contributed by atoms with Crippen LogP contribution in [0.4, 0.5) is 0 Å². The molecule has 1 aliphatic heterocycles. The Bertz CT molecular complexity index is 168. The standard InChI is InChI=1S/C12H27N3O/c1-12(2)16-11-5-13-4-6-15-9-7-14(3)8-10-15/h12-13H,4-11H2,1-3H3. The van der Waals surface area contributed by atoms with E-state index >= 15 is 0 Å². The molecule has 0 spiro atoms. The Labute approximate surface area is 99.9 Å². The van der Waals surface area contributed by atoms with Crippen molar-refractivity contribution in [2.24, 2.45) is 0 Å². The lowest BCUT2D eigenvalue weighted by molar-refractivity contribution is 0.0800. The first-order chi connectivity index (χ1) is 7.68. The fourth-order valence-electron chi connectivity index (χ4n) is 1.80. The van der Waals surface area contributed by atoms with Gasteiger partial charge in [0.05, 0.1) is 12.7 Å². The van der Waals surface area contributed by atoms with Crippen molar-refractivity contribution in [3.8, 4) is 0 Å². The van der Waals surface area contributed by atoms with E-state index in [2.05, 4.69) is 36.0 Å². The maximum atomic E-state index is 5.47. The highest BCUT2D eigenvalue weighted by Crippen LogP contribution is 1.97. The monoisotopic (exact) mass is 229 g/mol. The molecule has 16 heavy (non-hydrogen) atoms. The smallest absolute Gasteiger partial charge is 0.0594 e. The highest BCUT2D eigenvalue weighted by molar-refractivity contribution is 4.69. The van der Waals surface area contributed by atoms with E-state index in [1.807, 2.05) is 0 Å². The summed E-state index contributed by atoms with van der Waals surface area (Å²) < 4.78 is 5.47. The molecule has 0 bridgehead atoms. The molecule has 0 saturated carbocycles. The number of nitrogens with zero attached hydrogens (tertiary/aromatic N) is 2. The summed E-state index contributed by atoms with van der Waals surface area (Å²) in [5.74, 6) is 0. The number of hydrogen-bond donors (Lipinski definition) is 1. The summed E-state index contributed by atoms with van der Waals surface area (Å²) in [6.07, 6.45) is 0.347. The SMILES string of the molecule is CC(C)OCCNCCN1CCN(C)CC1. The van der Waals surface area contributed by atoms with Crippen LogP contribution in [0.1, 0.15) is 13.8 Å². The quantitative estimate of drug-likeness (QED) is 0.633. The van der Waals surface area contributed by atoms with Gasteiger partial charge in [-0.05, 0) is 20.9 Å². The van der Waals surface area contributed by atoms with E-state index < -0.39 is 0 Å². The molecule has 1 heterocycles. The average Bonchev–Trinajstić information content (AvgIpc) is 2.25. The second kappa shape index (κ2) is 8.01. The predicted octanol–water partition coefficient (Wildman–Crippen LogP) is 0.248. The van der Waals surface area contributed by atoms with E-state index in [9.17, 15) is 0 Å². The molecular weight excluding hydrogens is 202 g/mol. The summed E-state index contributed by atoms with van der Waals surface area (Å²) in [6, 6.07) is 0. The van der Waals surface area contributed by atoms with Crippen molar-refractivity contribution in [1.29, 1.82) is 0 Å². The molecule has 0 radical (unpaired) electrons. The number of ether oxygens (including phenoxy) is 1.